The predicted octanol–water partition coefficient (Wildman–Crippen LogP) is 4.06. The highest BCUT2D eigenvalue weighted by Gasteiger charge is 2.28. The molecule has 0 fully saturated rings. The lowest BCUT2D eigenvalue weighted by Crippen LogP contribution is -2.37. The second-order valence-corrected chi connectivity index (χ2v) is 6.34. The molecule has 0 spiro atoms. The van der Waals surface area contributed by atoms with Gasteiger partial charge in [0.05, 0.1) is 6.04 Å². The summed E-state index contributed by atoms with van der Waals surface area (Å²) in [6, 6.07) is 17.3. The van der Waals surface area contributed by atoms with Gasteiger partial charge in [-0.05, 0) is 36.7 Å². The Kier molecular flexibility index (Phi) is 4.51. The number of aryl methyl sites for hydroxylation is 1. The van der Waals surface area contributed by atoms with E-state index in [2.05, 4.69) is 54.7 Å². The van der Waals surface area contributed by atoms with E-state index < -0.39 is 0 Å². The highest BCUT2D eigenvalue weighted by molar-refractivity contribution is 7.99. The molecule has 2 aromatic carbocycles. The summed E-state index contributed by atoms with van der Waals surface area (Å²) < 4.78 is 6.23. The van der Waals surface area contributed by atoms with E-state index in [1.807, 2.05) is 24.9 Å². The van der Waals surface area contributed by atoms with Crippen molar-refractivity contribution >= 4 is 11.8 Å². The Bertz CT molecular complexity index is 614. The maximum Gasteiger partial charge on any atom is 0.133 e. The highest BCUT2D eigenvalue weighted by Crippen LogP contribution is 2.38. The SMILES string of the molecule is CCc1cccc(C(NC)C2CSc3ccccc3O2)c1. The first-order valence-electron chi connectivity index (χ1n) is 7.46. The average Bonchev–Trinajstić information content (AvgIpc) is 2.56. The van der Waals surface area contributed by atoms with Gasteiger partial charge in [0.15, 0.2) is 0 Å². The highest BCUT2D eigenvalue weighted by atomic mass is 32.2. The molecule has 0 amide bonds. The molecular weight excluding hydrogens is 278 g/mol. The van der Waals surface area contributed by atoms with Crippen LogP contribution in [0.1, 0.15) is 24.1 Å². The van der Waals surface area contributed by atoms with Crippen LogP contribution in [0.5, 0.6) is 5.75 Å². The number of likely N-dealkylation sites (N-methyl/N-ethyl adjacent to an activating group) is 1. The van der Waals surface area contributed by atoms with Crippen LogP contribution in [0.3, 0.4) is 0 Å². The summed E-state index contributed by atoms with van der Waals surface area (Å²) in [6.07, 6.45) is 1.22. The molecule has 2 atom stereocenters. The summed E-state index contributed by atoms with van der Waals surface area (Å²) in [5.41, 5.74) is 2.68. The van der Waals surface area contributed by atoms with E-state index in [0.29, 0.717) is 0 Å². The van der Waals surface area contributed by atoms with Crippen molar-refractivity contribution in [3.63, 3.8) is 0 Å². The number of hydrogen-bond donors (Lipinski definition) is 1. The lowest BCUT2D eigenvalue weighted by atomic mass is 9.99. The van der Waals surface area contributed by atoms with Crippen molar-refractivity contribution in [2.75, 3.05) is 12.8 Å². The van der Waals surface area contributed by atoms with Gasteiger partial charge in [0.1, 0.15) is 11.9 Å². The minimum Gasteiger partial charge on any atom is -0.486 e. The molecule has 2 unspecified atom stereocenters. The molecule has 1 aliphatic rings. The van der Waals surface area contributed by atoms with E-state index >= 15 is 0 Å². The second-order valence-electron chi connectivity index (χ2n) is 5.28. The summed E-state index contributed by atoms with van der Waals surface area (Å²) in [5.74, 6) is 1.98. The number of rotatable bonds is 4. The van der Waals surface area contributed by atoms with Crippen LogP contribution in [0.2, 0.25) is 0 Å². The van der Waals surface area contributed by atoms with Crippen molar-refractivity contribution in [2.24, 2.45) is 0 Å². The molecule has 21 heavy (non-hydrogen) atoms. The van der Waals surface area contributed by atoms with Gasteiger partial charge in [-0.15, -0.1) is 11.8 Å². The number of para-hydroxylation sites is 1. The fraction of sp³-hybridized carbons (Fsp3) is 0.333. The van der Waals surface area contributed by atoms with Crippen molar-refractivity contribution in [1.82, 2.24) is 5.32 Å². The number of ether oxygens (including phenoxy) is 1. The summed E-state index contributed by atoms with van der Waals surface area (Å²) in [5, 5.41) is 3.43. The van der Waals surface area contributed by atoms with E-state index in [-0.39, 0.29) is 12.1 Å². The van der Waals surface area contributed by atoms with Crippen molar-refractivity contribution < 1.29 is 4.74 Å². The zero-order valence-corrected chi connectivity index (χ0v) is 13.3. The fourth-order valence-corrected chi connectivity index (χ4v) is 3.81. The zero-order valence-electron chi connectivity index (χ0n) is 12.5. The van der Waals surface area contributed by atoms with Gasteiger partial charge >= 0.3 is 0 Å². The van der Waals surface area contributed by atoms with E-state index in [4.69, 9.17) is 4.74 Å². The Morgan fingerprint density at radius 3 is 2.90 bits per heavy atom. The van der Waals surface area contributed by atoms with E-state index in [1.165, 1.54) is 16.0 Å². The number of benzene rings is 2. The molecule has 0 aromatic heterocycles. The molecular formula is C18H21NOS. The van der Waals surface area contributed by atoms with Gasteiger partial charge in [-0.3, -0.25) is 0 Å². The minimum atomic E-state index is 0.155. The molecule has 2 aromatic rings. The Morgan fingerprint density at radius 2 is 2.10 bits per heavy atom. The maximum absolute atomic E-state index is 6.23. The Morgan fingerprint density at radius 1 is 1.24 bits per heavy atom. The van der Waals surface area contributed by atoms with Gasteiger partial charge in [0.25, 0.3) is 0 Å². The van der Waals surface area contributed by atoms with Crippen LogP contribution in [0, 0.1) is 0 Å². The van der Waals surface area contributed by atoms with Gasteiger partial charge < -0.3 is 10.1 Å². The van der Waals surface area contributed by atoms with Crippen molar-refractivity contribution in [3.05, 3.63) is 59.7 Å². The van der Waals surface area contributed by atoms with Gasteiger partial charge in [-0.1, -0.05) is 43.3 Å². The van der Waals surface area contributed by atoms with E-state index in [0.717, 1.165) is 17.9 Å². The first kappa shape index (κ1) is 14.5. The lowest BCUT2D eigenvalue weighted by molar-refractivity contribution is 0.171. The van der Waals surface area contributed by atoms with Gasteiger partial charge in [0, 0.05) is 10.6 Å². The Balaban J connectivity index is 1.84. The van der Waals surface area contributed by atoms with E-state index in [1.54, 1.807) is 0 Å². The molecule has 0 aliphatic carbocycles. The Hall–Kier alpha value is -1.45. The average molecular weight is 299 g/mol. The second kappa shape index (κ2) is 6.54. The smallest absolute Gasteiger partial charge is 0.133 e. The Labute approximate surface area is 130 Å². The number of hydrogen-bond acceptors (Lipinski definition) is 3. The zero-order chi connectivity index (χ0) is 14.7. The monoisotopic (exact) mass is 299 g/mol. The molecule has 110 valence electrons. The normalized spacial score (nSPS) is 18.7. The van der Waals surface area contributed by atoms with Gasteiger partial charge in [-0.25, -0.2) is 0 Å². The summed E-state index contributed by atoms with van der Waals surface area (Å²) in [6.45, 7) is 2.19. The van der Waals surface area contributed by atoms with Crippen LogP contribution in [0.15, 0.2) is 53.4 Å². The largest absolute Gasteiger partial charge is 0.486 e. The third-order valence-electron chi connectivity index (χ3n) is 3.93. The van der Waals surface area contributed by atoms with Crippen molar-refractivity contribution in [3.8, 4) is 5.75 Å². The number of fused-ring (bicyclic) bond motifs is 1. The standard InChI is InChI=1S/C18H21NOS/c1-3-13-7-6-8-14(11-13)18(19-2)16-12-21-17-10-5-4-9-15(17)20-16/h4-11,16,18-19H,3,12H2,1-2H3. The molecule has 0 saturated heterocycles. The summed E-state index contributed by atoms with van der Waals surface area (Å²) >= 11 is 1.88. The summed E-state index contributed by atoms with van der Waals surface area (Å²) in [7, 11) is 2.01. The number of thioether (sulfide) groups is 1. The van der Waals surface area contributed by atoms with Crippen LogP contribution in [0.4, 0.5) is 0 Å². The molecule has 1 heterocycles. The van der Waals surface area contributed by atoms with Crippen LogP contribution in [0.25, 0.3) is 0 Å². The van der Waals surface area contributed by atoms with Crippen LogP contribution in [-0.4, -0.2) is 18.9 Å². The van der Waals surface area contributed by atoms with Crippen LogP contribution in [-0.2, 0) is 6.42 Å². The minimum absolute atomic E-state index is 0.155. The van der Waals surface area contributed by atoms with Gasteiger partial charge in [0.2, 0.25) is 0 Å². The summed E-state index contributed by atoms with van der Waals surface area (Å²) in [4.78, 5) is 1.24. The predicted molar refractivity (Wildman–Crippen MR) is 89.2 cm³/mol. The van der Waals surface area contributed by atoms with E-state index in [9.17, 15) is 0 Å². The molecule has 0 radical (unpaired) electrons. The molecule has 2 nitrogen and oxygen atoms in total. The van der Waals surface area contributed by atoms with Crippen molar-refractivity contribution in [1.29, 1.82) is 0 Å². The fourth-order valence-electron chi connectivity index (χ4n) is 2.77. The van der Waals surface area contributed by atoms with Crippen LogP contribution >= 0.6 is 11.8 Å². The van der Waals surface area contributed by atoms with Gasteiger partial charge in [-0.2, -0.15) is 0 Å². The maximum atomic E-state index is 6.23. The molecule has 3 heteroatoms. The third kappa shape index (κ3) is 3.09. The molecule has 1 N–H and O–H groups in total. The molecule has 1 aliphatic heterocycles. The van der Waals surface area contributed by atoms with Crippen LogP contribution < -0.4 is 10.1 Å². The topological polar surface area (TPSA) is 21.3 Å². The quantitative estimate of drug-likeness (QED) is 0.920. The number of nitrogens with one attached hydrogen (secondary N) is 1. The third-order valence-corrected chi connectivity index (χ3v) is 5.08. The molecule has 0 bridgehead atoms. The van der Waals surface area contributed by atoms with Crippen molar-refractivity contribution in [2.45, 2.75) is 30.4 Å². The first-order chi connectivity index (χ1) is 10.3. The molecule has 0 saturated carbocycles. The first-order valence-corrected chi connectivity index (χ1v) is 8.45. The lowest BCUT2D eigenvalue weighted by Gasteiger charge is -2.32. The molecule has 3 rings (SSSR count).